The van der Waals surface area contributed by atoms with Crippen LogP contribution in [0.3, 0.4) is 0 Å². The smallest absolute Gasteiger partial charge is 0.240 e. The molecule has 2 N–H and O–H groups in total. The first-order valence-corrected chi connectivity index (χ1v) is 12.3. The summed E-state index contributed by atoms with van der Waals surface area (Å²) in [6, 6.07) is 22.1. The van der Waals surface area contributed by atoms with Crippen molar-refractivity contribution in [3.8, 4) is 0 Å². The summed E-state index contributed by atoms with van der Waals surface area (Å²) < 4.78 is 31.0. The molecule has 1 aromatic heterocycles. The van der Waals surface area contributed by atoms with Crippen molar-refractivity contribution in [1.29, 1.82) is 0 Å². The van der Waals surface area contributed by atoms with Crippen LogP contribution in [-0.2, 0) is 10.0 Å². The second-order valence-electron chi connectivity index (χ2n) is 8.72. The number of aliphatic hydroxyl groups excluding tert-OH is 1. The summed E-state index contributed by atoms with van der Waals surface area (Å²) in [7, 11) is -1.80. The van der Waals surface area contributed by atoms with Gasteiger partial charge in [-0.05, 0) is 38.2 Å². The topological polar surface area (TPSA) is 74.6 Å². The Kier molecular flexibility index (Phi) is 5.29. The zero-order chi connectivity index (χ0) is 22.5. The summed E-state index contributed by atoms with van der Waals surface area (Å²) in [5.74, 6) is 0. The summed E-state index contributed by atoms with van der Waals surface area (Å²) >= 11 is 0. The molecule has 0 aliphatic carbocycles. The fourth-order valence-electron chi connectivity index (χ4n) is 4.85. The maximum absolute atomic E-state index is 13.0. The van der Waals surface area contributed by atoms with E-state index < -0.39 is 22.2 Å². The van der Waals surface area contributed by atoms with Crippen LogP contribution in [0.5, 0.6) is 0 Å². The molecule has 1 fully saturated rings. The lowest BCUT2D eigenvalue weighted by atomic mass is 9.97. The molecule has 1 saturated heterocycles. The Balaban J connectivity index is 1.55. The highest BCUT2D eigenvalue weighted by Crippen LogP contribution is 2.35. The number of rotatable bonds is 4. The minimum atomic E-state index is -3.76. The number of sulfonamides is 1. The van der Waals surface area contributed by atoms with Gasteiger partial charge in [-0.15, -0.1) is 0 Å². The molecule has 0 radical (unpaired) electrons. The summed E-state index contributed by atoms with van der Waals surface area (Å²) in [6.45, 7) is 2.96. The van der Waals surface area contributed by atoms with Gasteiger partial charge in [-0.2, -0.15) is 0 Å². The van der Waals surface area contributed by atoms with E-state index in [2.05, 4.69) is 38.5 Å². The third kappa shape index (κ3) is 3.61. The molecule has 5 rings (SSSR count). The zero-order valence-corrected chi connectivity index (χ0v) is 19.0. The second kappa shape index (κ2) is 8.01. The minimum Gasteiger partial charge on any atom is -0.389 e. The minimum absolute atomic E-state index is 0.206. The molecule has 0 spiro atoms. The first-order valence-electron chi connectivity index (χ1n) is 10.8. The van der Waals surface area contributed by atoms with Gasteiger partial charge in [0.25, 0.3) is 0 Å². The molecule has 1 aliphatic heterocycles. The number of piperidine rings is 1. The lowest BCUT2D eigenvalue weighted by Crippen LogP contribution is -2.58. The zero-order valence-electron chi connectivity index (χ0n) is 18.1. The molecule has 0 bridgehead atoms. The number of likely N-dealkylation sites (N-methyl/N-ethyl adjacent to an activating group) is 1. The van der Waals surface area contributed by atoms with Crippen molar-refractivity contribution in [3.63, 3.8) is 0 Å². The van der Waals surface area contributed by atoms with Crippen molar-refractivity contribution in [2.24, 2.45) is 0 Å². The lowest BCUT2D eigenvalue weighted by molar-refractivity contribution is 0.0225. The van der Waals surface area contributed by atoms with Gasteiger partial charge in [-0.25, -0.2) is 13.1 Å². The number of aryl methyl sites for hydroxylation is 1. The molecule has 0 saturated carbocycles. The second-order valence-corrected chi connectivity index (χ2v) is 10.4. The first-order chi connectivity index (χ1) is 15.3. The Hall–Kier alpha value is -2.71. The number of nitrogens with one attached hydrogen (secondary N) is 1. The maximum atomic E-state index is 13.0. The van der Waals surface area contributed by atoms with Gasteiger partial charge in [0, 0.05) is 34.9 Å². The molecule has 4 aromatic rings. The number of aliphatic hydroxyl groups is 1. The number of para-hydroxylation sites is 2. The summed E-state index contributed by atoms with van der Waals surface area (Å²) in [4.78, 5) is 2.28. The third-order valence-electron chi connectivity index (χ3n) is 6.40. The van der Waals surface area contributed by atoms with Crippen molar-refractivity contribution < 1.29 is 13.5 Å². The van der Waals surface area contributed by atoms with Crippen molar-refractivity contribution in [3.05, 3.63) is 78.4 Å². The van der Waals surface area contributed by atoms with Crippen LogP contribution >= 0.6 is 0 Å². The monoisotopic (exact) mass is 449 g/mol. The Morgan fingerprint density at radius 1 is 0.875 bits per heavy atom. The van der Waals surface area contributed by atoms with Crippen LogP contribution in [0.15, 0.2) is 77.7 Å². The van der Waals surface area contributed by atoms with Gasteiger partial charge >= 0.3 is 0 Å². The molecule has 6 nitrogen and oxygen atoms in total. The number of nitrogens with zero attached hydrogens (tertiary/aromatic N) is 2. The Bertz CT molecular complexity index is 1330. The van der Waals surface area contributed by atoms with Crippen LogP contribution < -0.4 is 4.72 Å². The van der Waals surface area contributed by atoms with Gasteiger partial charge in [0.2, 0.25) is 10.0 Å². The normalized spacial score (nSPS) is 22.5. The summed E-state index contributed by atoms with van der Waals surface area (Å²) in [6.07, 6.45) is -0.884. The highest BCUT2D eigenvalue weighted by Gasteiger charge is 2.39. The number of benzene rings is 3. The van der Waals surface area contributed by atoms with Crippen molar-refractivity contribution >= 4 is 31.8 Å². The Morgan fingerprint density at radius 2 is 1.44 bits per heavy atom. The van der Waals surface area contributed by atoms with Crippen molar-refractivity contribution in [2.75, 3.05) is 20.1 Å². The molecule has 3 atom stereocenters. The highest BCUT2D eigenvalue weighted by atomic mass is 32.2. The molecule has 1 unspecified atom stereocenters. The van der Waals surface area contributed by atoms with Gasteiger partial charge in [-0.1, -0.05) is 54.1 Å². The van der Waals surface area contributed by atoms with E-state index in [1.807, 2.05) is 38.2 Å². The number of hydrogen-bond acceptors (Lipinski definition) is 4. The van der Waals surface area contributed by atoms with E-state index in [9.17, 15) is 13.5 Å². The van der Waals surface area contributed by atoms with Gasteiger partial charge in [0.1, 0.15) is 0 Å². The quantitative estimate of drug-likeness (QED) is 0.501. The van der Waals surface area contributed by atoms with Gasteiger partial charge in [0.05, 0.1) is 23.1 Å². The predicted octanol–water partition coefficient (Wildman–Crippen LogP) is 3.30. The Morgan fingerprint density at radius 3 is 2.03 bits per heavy atom. The molecular formula is C25H27N3O3S. The summed E-state index contributed by atoms with van der Waals surface area (Å²) in [5, 5.41) is 13.7. The molecule has 166 valence electrons. The van der Waals surface area contributed by atoms with Crippen LogP contribution in [0.2, 0.25) is 0 Å². The van der Waals surface area contributed by atoms with E-state index >= 15 is 0 Å². The van der Waals surface area contributed by atoms with E-state index in [1.54, 1.807) is 24.3 Å². The molecule has 2 heterocycles. The highest BCUT2D eigenvalue weighted by molar-refractivity contribution is 7.89. The summed E-state index contributed by atoms with van der Waals surface area (Å²) in [5.41, 5.74) is 3.06. The molecule has 7 heteroatoms. The fraction of sp³-hybridized carbons (Fsp3) is 0.280. The maximum Gasteiger partial charge on any atom is 0.240 e. The van der Waals surface area contributed by atoms with E-state index in [0.717, 1.165) is 27.4 Å². The number of aromatic nitrogens is 1. The van der Waals surface area contributed by atoms with E-state index in [-0.39, 0.29) is 10.9 Å². The molecule has 0 amide bonds. The Labute approximate surface area is 188 Å². The number of hydrogen-bond donors (Lipinski definition) is 2. The van der Waals surface area contributed by atoms with Gasteiger partial charge < -0.3 is 14.6 Å². The molecule has 3 aromatic carbocycles. The SMILES string of the molecule is Cc1ccc(S(=O)(=O)N[C@@H]2CN(C)CC(n3c4ccccc4c4ccccc43)[C@H]2O)cc1. The standard InChI is InChI=1S/C25H27N3O3S/c1-17-11-13-18(14-12-17)32(30,31)26-21-15-27(2)16-24(25(21)29)28-22-9-5-3-7-19(22)20-8-4-6-10-23(20)28/h3-14,21,24-26,29H,15-16H2,1-2H3/t21-,24?,25+/m1/s1. The third-order valence-corrected chi connectivity index (χ3v) is 7.91. The average molecular weight is 450 g/mol. The van der Waals surface area contributed by atoms with E-state index in [1.165, 1.54) is 0 Å². The van der Waals surface area contributed by atoms with Crippen LogP contribution in [0, 0.1) is 6.92 Å². The van der Waals surface area contributed by atoms with Gasteiger partial charge in [0.15, 0.2) is 0 Å². The van der Waals surface area contributed by atoms with Crippen LogP contribution in [0.4, 0.5) is 0 Å². The van der Waals surface area contributed by atoms with Crippen LogP contribution in [0.25, 0.3) is 21.8 Å². The van der Waals surface area contributed by atoms with Crippen LogP contribution in [-0.4, -0.2) is 55.3 Å². The number of fused-ring (bicyclic) bond motifs is 3. The molecule has 32 heavy (non-hydrogen) atoms. The van der Waals surface area contributed by atoms with E-state index in [4.69, 9.17) is 0 Å². The largest absolute Gasteiger partial charge is 0.389 e. The van der Waals surface area contributed by atoms with Crippen molar-refractivity contribution in [1.82, 2.24) is 14.2 Å². The van der Waals surface area contributed by atoms with Crippen molar-refractivity contribution in [2.45, 2.75) is 30.0 Å². The van der Waals surface area contributed by atoms with Gasteiger partial charge in [-0.3, -0.25) is 0 Å². The predicted molar refractivity (Wildman–Crippen MR) is 127 cm³/mol. The van der Waals surface area contributed by atoms with E-state index in [0.29, 0.717) is 13.1 Å². The lowest BCUT2D eigenvalue weighted by Gasteiger charge is -2.41. The fourth-order valence-corrected chi connectivity index (χ4v) is 6.09. The van der Waals surface area contributed by atoms with Crippen LogP contribution in [0.1, 0.15) is 11.6 Å². The molecule has 1 aliphatic rings. The molecular weight excluding hydrogens is 422 g/mol. The average Bonchev–Trinajstić information content (AvgIpc) is 3.10. The first kappa shape index (κ1) is 21.2. The number of likely N-dealkylation sites (tertiary alicyclic amines) is 1.